The van der Waals surface area contributed by atoms with Crippen LogP contribution in [0.3, 0.4) is 0 Å². The maximum Gasteiger partial charge on any atom is 0.254 e. The van der Waals surface area contributed by atoms with E-state index >= 15 is 0 Å². The number of carbonyl (C=O) groups is 2. The van der Waals surface area contributed by atoms with Gasteiger partial charge in [0.2, 0.25) is 5.91 Å². The summed E-state index contributed by atoms with van der Waals surface area (Å²) in [6.45, 7) is 7.12. The van der Waals surface area contributed by atoms with Gasteiger partial charge in [-0.2, -0.15) is 0 Å². The van der Waals surface area contributed by atoms with Crippen LogP contribution in [0.4, 0.5) is 5.69 Å². The second kappa shape index (κ2) is 7.62. The Labute approximate surface area is 162 Å². The quantitative estimate of drug-likeness (QED) is 0.743. The maximum absolute atomic E-state index is 12.9. The lowest BCUT2D eigenvalue weighted by atomic mass is 10.0. The van der Waals surface area contributed by atoms with E-state index in [0.29, 0.717) is 24.6 Å². The van der Waals surface area contributed by atoms with Crippen molar-refractivity contribution in [2.45, 2.75) is 32.7 Å². The molecule has 1 saturated heterocycles. The minimum Gasteiger partial charge on any atom is -0.325 e. The Balaban J connectivity index is 1.77. The molecule has 1 heterocycles. The number of amides is 2. The van der Waals surface area contributed by atoms with Crippen molar-refractivity contribution in [3.63, 3.8) is 0 Å². The second-order valence-corrected chi connectivity index (χ2v) is 7.84. The topological polar surface area (TPSA) is 40.6 Å². The number of hydrogen-bond acceptors (Lipinski definition) is 2. The van der Waals surface area contributed by atoms with Gasteiger partial charge in [0.25, 0.3) is 5.91 Å². The molecule has 5 heteroatoms. The number of benzene rings is 2. The lowest BCUT2D eigenvalue weighted by Gasteiger charge is -2.39. The number of rotatable bonds is 3. The Hall–Kier alpha value is -2.14. The zero-order chi connectivity index (χ0) is 18.8. The molecule has 0 saturated carbocycles. The molecule has 4 nitrogen and oxygen atoms in total. The number of halogens is 1. The predicted octanol–water partition coefficient (Wildman–Crippen LogP) is 4.45. The number of anilines is 1. The third-order valence-electron chi connectivity index (χ3n) is 4.86. The van der Waals surface area contributed by atoms with Gasteiger partial charge in [0, 0.05) is 28.8 Å². The highest BCUT2D eigenvalue weighted by Gasteiger charge is 2.35. The Morgan fingerprint density at radius 3 is 2.42 bits per heavy atom. The van der Waals surface area contributed by atoms with Gasteiger partial charge in [0.05, 0.1) is 0 Å². The molecule has 1 aliphatic rings. The zero-order valence-electron chi connectivity index (χ0n) is 15.3. The minimum absolute atomic E-state index is 0.0445. The summed E-state index contributed by atoms with van der Waals surface area (Å²) in [6.07, 6.45) is 0. The molecule has 0 spiro atoms. The van der Waals surface area contributed by atoms with E-state index in [1.807, 2.05) is 24.3 Å². The number of carbonyl (C=O) groups excluding carboxylic acids is 2. The van der Waals surface area contributed by atoms with Crippen LogP contribution in [-0.2, 0) is 4.79 Å². The van der Waals surface area contributed by atoms with Crippen molar-refractivity contribution in [3.8, 4) is 0 Å². The molecule has 0 radical (unpaired) electrons. The van der Waals surface area contributed by atoms with E-state index in [9.17, 15) is 9.59 Å². The zero-order valence-corrected chi connectivity index (χ0v) is 16.9. The van der Waals surface area contributed by atoms with Gasteiger partial charge in [-0.1, -0.05) is 48.0 Å². The van der Waals surface area contributed by atoms with Crippen molar-refractivity contribution in [1.82, 2.24) is 4.90 Å². The second-order valence-electron chi connectivity index (χ2n) is 6.92. The summed E-state index contributed by atoms with van der Waals surface area (Å²) in [7, 11) is 0. The Kier molecular flexibility index (Phi) is 5.47. The van der Waals surface area contributed by atoms with E-state index in [2.05, 4.69) is 41.9 Å². The van der Waals surface area contributed by atoms with E-state index in [-0.39, 0.29) is 11.8 Å². The van der Waals surface area contributed by atoms with Crippen molar-refractivity contribution in [2.75, 3.05) is 18.0 Å². The lowest BCUT2D eigenvalue weighted by Crippen LogP contribution is -2.57. The molecule has 2 aromatic rings. The molecule has 0 aliphatic carbocycles. The molecule has 0 bridgehead atoms. The molecular weight excluding hydrogens is 392 g/mol. The Morgan fingerprint density at radius 2 is 1.81 bits per heavy atom. The standard InChI is InChI=1S/C21H23BrN2O2/c1-14(2)16-7-9-19(10-8-16)24-12-11-23(15(3)20(24)25)21(26)17-5-4-6-18(22)13-17/h4-10,13-15H,11-12H2,1-3H3. The Bertz CT molecular complexity index is 817. The SMILES string of the molecule is CC(C)c1ccc(N2CCN(C(=O)c3cccc(Br)c3)C(C)C2=O)cc1. The van der Waals surface area contributed by atoms with Crippen LogP contribution >= 0.6 is 15.9 Å². The van der Waals surface area contributed by atoms with Crippen LogP contribution in [0.25, 0.3) is 0 Å². The molecule has 2 amide bonds. The van der Waals surface area contributed by atoms with Gasteiger partial charge in [-0.05, 0) is 48.7 Å². The minimum atomic E-state index is -0.486. The van der Waals surface area contributed by atoms with Crippen LogP contribution in [-0.4, -0.2) is 35.8 Å². The van der Waals surface area contributed by atoms with Gasteiger partial charge >= 0.3 is 0 Å². The van der Waals surface area contributed by atoms with Gasteiger partial charge in [-0.15, -0.1) is 0 Å². The summed E-state index contributed by atoms with van der Waals surface area (Å²) in [4.78, 5) is 29.1. The van der Waals surface area contributed by atoms with E-state index in [1.54, 1.807) is 28.9 Å². The smallest absolute Gasteiger partial charge is 0.254 e. The highest BCUT2D eigenvalue weighted by atomic mass is 79.9. The molecule has 136 valence electrons. The molecule has 0 aromatic heterocycles. The van der Waals surface area contributed by atoms with Crippen molar-refractivity contribution < 1.29 is 9.59 Å². The van der Waals surface area contributed by atoms with Crippen LogP contribution in [0.1, 0.15) is 42.6 Å². The molecule has 1 atom stereocenters. The van der Waals surface area contributed by atoms with Crippen molar-refractivity contribution in [3.05, 3.63) is 64.1 Å². The molecular formula is C21H23BrN2O2. The first kappa shape index (κ1) is 18.6. The molecule has 3 rings (SSSR count). The van der Waals surface area contributed by atoms with Gasteiger partial charge in [0.15, 0.2) is 0 Å². The summed E-state index contributed by atoms with van der Waals surface area (Å²) in [5, 5.41) is 0. The largest absolute Gasteiger partial charge is 0.325 e. The lowest BCUT2D eigenvalue weighted by molar-refractivity contribution is -0.124. The molecule has 1 unspecified atom stereocenters. The van der Waals surface area contributed by atoms with Crippen LogP contribution in [0.5, 0.6) is 0 Å². The summed E-state index contributed by atoms with van der Waals surface area (Å²) in [5.41, 5.74) is 2.73. The highest BCUT2D eigenvalue weighted by molar-refractivity contribution is 9.10. The van der Waals surface area contributed by atoms with Crippen LogP contribution in [0, 0.1) is 0 Å². The predicted molar refractivity (Wildman–Crippen MR) is 108 cm³/mol. The number of piperazine rings is 1. The van der Waals surface area contributed by atoms with Crippen molar-refractivity contribution in [1.29, 1.82) is 0 Å². The van der Waals surface area contributed by atoms with Crippen LogP contribution in [0.2, 0.25) is 0 Å². The first-order valence-corrected chi connectivity index (χ1v) is 9.65. The Morgan fingerprint density at radius 1 is 1.12 bits per heavy atom. The molecule has 2 aromatic carbocycles. The van der Waals surface area contributed by atoms with E-state index in [1.165, 1.54) is 5.56 Å². The maximum atomic E-state index is 12.9. The van der Waals surface area contributed by atoms with E-state index < -0.39 is 6.04 Å². The van der Waals surface area contributed by atoms with E-state index in [0.717, 1.165) is 10.2 Å². The third kappa shape index (κ3) is 3.68. The fourth-order valence-electron chi connectivity index (χ4n) is 3.23. The molecule has 1 aliphatic heterocycles. The fourth-order valence-corrected chi connectivity index (χ4v) is 3.63. The summed E-state index contributed by atoms with van der Waals surface area (Å²) < 4.78 is 0.853. The van der Waals surface area contributed by atoms with E-state index in [4.69, 9.17) is 0 Å². The molecule has 0 N–H and O–H groups in total. The third-order valence-corrected chi connectivity index (χ3v) is 5.35. The van der Waals surface area contributed by atoms with Crippen LogP contribution < -0.4 is 4.90 Å². The van der Waals surface area contributed by atoms with Gasteiger partial charge < -0.3 is 9.80 Å². The highest BCUT2D eigenvalue weighted by Crippen LogP contribution is 2.24. The summed E-state index contributed by atoms with van der Waals surface area (Å²) in [6, 6.07) is 14.9. The average Bonchev–Trinajstić information content (AvgIpc) is 2.63. The normalized spacial score (nSPS) is 17.7. The van der Waals surface area contributed by atoms with Gasteiger partial charge in [-0.3, -0.25) is 9.59 Å². The van der Waals surface area contributed by atoms with Gasteiger partial charge in [-0.25, -0.2) is 0 Å². The fraction of sp³-hybridized carbons (Fsp3) is 0.333. The van der Waals surface area contributed by atoms with Crippen LogP contribution in [0.15, 0.2) is 53.0 Å². The first-order chi connectivity index (χ1) is 12.4. The number of nitrogens with zero attached hydrogens (tertiary/aromatic N) is 2. The van der Waals surface area contributed by atoms with Crippen molar-refractivity contribution in [2.24, 2.45) is 0 Å². The summed E-state index contributed by atoms with van der Waals surface area (Å²) >= 11 is 3.39. The molecule has 1 fully saturated rings. The first-order valence-electron chi connectivity index (χ1n) is 8.86. The average molecular weight is 415 g/mol. The van der Waals surface area contributed by atoms with Gasteiger partial charge in [0.1, 0.15) is 6.04 Å². The van der Waals surface area contributed by atoms with Crippen molar-refractivity contribution >= 4 is 33.4 Å². The molecule has 26 heavy (non-hydrogen) atoms. The summed E-state index contributed by atoms with van der Waals surface area (Å²) in [5.74, 6) is 0.303. The monoisotopic (exact) mass is 414 g/mol. The number of hydrogen-bond donors (Lipinski definition) is 0.